The van der Waals surface area contributed by atoms with E-state index in [0.29, 0.717) is 0 Å². The fourth-order valence-corrected chi connectivity index (χ4v) is 1.10. The van der Waals surface area contributed by atoms with Gasteiger partial charge in [-0.2, -0.15) is 0 Å². The SMILES string of the molecule is COC(=O)C(CO)NC(=O)C(C)NC(=O)C(C)(C)C. The second-order valence-electron chi connectivity index (χ2n) is 5.21. The van der Waals surface area contributed by atoms with Gasteiger partial charge in [0.05, 0.1) is 13.7 Å². The molecule has 0 aromatic carbocycles. The molecule has 3 N–H and O–H groups in total. The lowest BCUT2D eigenvalue weighted by Gasteiger charge is -2.22. The molecule has 0 aliphatic heterocycles. The van der Waals surface area contributed by atoms with Crippen molar-refractivity contribution in [3.63, 3.8) is 0 Å². The number of ether oxygens (including phenoxy) is 1. The summed E-state index contributed by atoms with van der Waals surface area (Å²) in [5.41, 5.74) is -0.618. The van der Waals surface area contributed by atoms with Crippen LogP contribution < -0.4 is 10.6 Å². The van der Waals surface area contributed by atoms with Crippen molar-refractivity contribution >= 4 is 17.8 Å². The van der Waals surface area contributed by atoms with Crippen LogP contribution in [0.5, 0.6) is 0 Å². The van der Waals surface area contributed by atoms with Crippen LogP contribution >= 0.6 is 0 Å². The van der Waals surface area contributed by atoms with Crippen molar-refractivity contribution < 1.29 is 24.2 Å². The molecule has 0 aromatic heterocycles. The monoisotopic (exact) mass is 274 g/mol. The Morgan fingerprint density at radius 3 is 2.11 bits per heavy atom. The summed E-state index contributed by atoms with van der Waals surface area (Å²) in [7, 11) is 1.15. The average Bonchev–Trinajstić information content (AvgIpc) is 2.33. The first kappa shape index (κ1) is 17.4. The number of carbonyl (C=O) groups excluding carboxylic acids is 3. The second kappa shape index (κ2) is 7.08. The van der Waals surface area contributed by atoms with E-state index in [4.69, 9.17) is 5.11 Å². The molecule has 0 fully saturated rings. The third-order valence-corrected chi connectivity index (χ3v) is 2.41. The lowest BCUT2D eigenvalue weighted by atomic mass is 9.95. The Bertz CT molecular complexity index is 349. The molecule has 0 aliphatic carbocycles. The Balaban J connectivity index is 4.50. The third kappa shape index (κ3) is 5.69. The molecule has 0 bridgehead atoms. The van der Waals surface area contributed by atoms with E-state index in [1.165, 1.54) is 6.92 Å². The number of amides is 2. The normalized spacial score (nSPS) is 14.2. The molecule has 0 rings (SSSR count). The van der Waals surface area contributed by atoms with Gasteiger partial charge in [0.25, 0.3) is 0 Å². The van der Waals surface area contributed by atoms with Gasteiger partial charge in [-0.25, -0.2) is 4.79 Å². The first-order valence-corrected chi connectivity index (χ1v) is 5.93. The fraction of sp³-hybridized carbons (Fsp3) is 0.750. The summed E-state index contributed by atoms with van der Waals surface area (Å²) in [6, 6.07) is -1.95. The highest BCUT2D eigenvalue weighted by atomic mass is 16.5. The van der Waals surface area contributed by atoms with Crippen molar-refractivity contribution in [1.29, 1.82) is 0 Å². The molecule has 2 amide bonds. The molecular formula is C12H22N2O5. The third-order valence-electron chi connectivity index (χ3n) is 2.41. The number of aliphatic hydroxyl groups excluding tert-OH is 1. The van der Waals surface area contributed by atoms with Crippen LogP contribution in [0.15, 0.2) is 0 Å². The van der Waals surface area contributed by atoms with E-state index in [-0.39, 0.29) is 5.91 Å². The van der Waals surface area contributed by atoms with Crippen molar-refractivity contribution in [1.82, 2.24) is 10.6 Å². The van der Waals surface area contributed by atoms with Gasteiger partial charge in [0, 0.05) is 5.41 Å². The largest absolute Gasteiger partial charge is 0.467 e. The van der Waals surface area contributed by atoms with Crippen molar-refractivity contribution in [2.45, 2.75) is 39.8 Å². The summed E-state index contributed by atoms with van der Waals surface area (Å²) >= 11 is 0. The molecule has 2 atom stereocenters. The Hall–Kier alpha value is -1.63. The number of carbonyl (C=O) groups is 3. The van der Waals surface area contributed by atoms with Crippen LogP contribution in [0.2, 0.25) is 0 Å². The molecule has 0 aliphatic rings. The summed E-state index contributed by atoms with van der Waals surface area (Å²) < 4.78 is 4.42. The maximum absolute atomic E-state index is 11.8. The summed E-state index contributed by atoms with van der Waals surface area (Å²) in [6.45, 7) is 6.08. The number of hydrogen-bond donors (Lipinski definition) is 3. The maximum atomic E-state index is 11.8. The number of esters is 1. The van der Waals surface area contributed by atoms with Gasteiger partial charge in [-0.05, 0) is 6.92 Å². The summed E-state index contributed by atoms with van der Waals surface area (Å²) in [4.78, 5) is 34.6. The summed E-state index contributed by atoms with van der Waals surface area (Å²) in [6.07, 6.45) is 0. The van der Waals surface area contributed by atoms with Crippen molar-refractivity contribution in [3.05, 3.63) is 0 Å². The van der Waals surface area contributed by atoms with Gasteiger partial charge in [0.1, 0.15) is 6.04 Å². The minimum absolute atomic E-state index is 0.284. The zero-order valence-electron chi connectivity index (χ0n) is 11.9. The Kier molecular flexibility index (Phi) is 6.47. The standard InChI is InChI=1S/C12H22N2O5/c1-7(13-11(18)12(2,3)4)9(16)14-8(6-15)10(17)19-5/h7-8,15H,6H2,1-5H3,(H,13,18)(H,14,16). The highest BCUT2D eigenvalue weighted by Gasteiger charge is 2.27. The number of hydrogen-bond acceptors (Lipinski definition) is 5. The fourth-order valence-electron chi connectivity index (χ4n) is 1.10. The van der Waals surface area contributed by atoms with E-state index in [9.17, 15) is 14.4 Å². The first-order valence-electron chi connectivity index (χ1n) is 5.93. The molecule has 0 spiro atoms. The first-order chi connectivity index (χ1) is 8.63. The van der Waals surface area contributed by atoms with Crippen LogP contribution in [0.1, 0.15) is 27.7 Å². The summed E-state index contributed by atoms with van der Waals surface area (Å²) in [5.74, 6) is -1.60. The van der Waals surface area contributed by atoms with E-state index in [0.717, 1.165) is 7.11 Å². The second-order valence-corrected chi connectivity index (χ2v) is 5.21. The lowest BCUT2D eigenvalue weighted by molar-refractivity contribution is -0.146. The predicted molar refractivity (Wildman–Crippen MR) is 68.1 cm³/mol. The van der Waals surface area contributed by atoms with Crippen molar-refractivity contribution in [2.75, 3.05) is 13.7 Å². The van der Waals surface area contributed by atoms with Crippen molar-refractivity contribution in [3.8, 4) is 0 Å². The minimum atomic E-state index is -1.13. The molecule has 110 valence electrons. The van der Waals surface area contributed by atoms with Crippen LogP contribution in [0.4, 0.5) is 0 Å². The van der Waals surface area contributed by atoms with E-state index in [1.54, 1.807) is 20.8 Å². The highest BCUT2D eigenvalue weighted by Crippen LogP contribution is 2.12. The number of aliphatic hydroxyl groups is 1. The van der Waals surface area contributed by atoms with Crippen molar-refractivity contribution in [2.24, 2.45) is 5.41 Å². The Morgan fingerprint density at radius 1 is 1.21 bits per heavy atom. The highest BCUT2D eigenvalue weighted by molar-refractivity contribution is 5.91. The zero-order valence-corrected chi connectivity index (χ0v) is 11.9. The molecule has 0 radical (unpaired) electrons. The number of nitrogens with one attached hydrogen (secondary N) is 2. The lowest BCUT2D eigenvalue weighted by Crippen LogP contribution is -2.53. The smallest absolute Gasteiger partial charge is 0.330 e. The number of methoxy groups -OCH3 is 1. The maximum Gasteiger partial charge on any atom is 0.330 e. The van der Waals surface area contributed by atoms with E-state index < -0.39 is 36.0 Å². The van der Waals surface area contributed by atoms with Gasteiger partial charge in [0.2, 0.25) is 11.8 Å². The van der Waals surface area contributed by atoms with Gasteiger partial charge in [-0.3, -0.25) is 9.59 Å². The van der Waals surface area contributed by atoms with Crippen LogP contribution in [-0.4, -0.2) is 48.7 Å². The Morgan fingerprint density at radius 2 is 1.74 bits per heavy atom. The topological polar surface area (TPSA) is 105 Å². The van der Waals surface area contributed by atoms with Gasteiger partial charge < -0.3 is 20.5 Å². The van der Waals surface area contributed by atoms with Gasteiger partial charge in [0.15, 0.2) is 6.04 Å². The summed E-state index contributed by atoms with van der Waals surface area (Å²) in [5, 5.41) is 13.8. The zero-order chi connectivity index (χ0) is 15.2. The molecule has 19 heavy (non-hydrogen) atoms. The molecule has 0 saturated carbocycles. The Labute approximate surface area is 112 Å². The average molecular weight is 274 g/mol. The molecule has 2 unspecified atom stereocenters. The van der Waals surface area contributed by atoms with E-state index in [1.807, 2.05) is 0 Å². The van der Waals surface area contributed by atoms with Crippen LogP contribution in [-0.2, 0) is 19.1 Å². The molecule has 0 aromatic rings. The molecule has 7 heteroatoms. The molecule has 0 saturated heterocycles. The van der Waals surface area contributed by atoms with E-state index in [2.05, 4.69) is 15.4 Å². The molecule has 7 nitrogen and oxygen atoms in total. The predicted octanol–water partition coefficient (Wildman–Crippen LogP) is -0.813. The molecular weight excluding hydrogens is 252 g/mol. The number of rotatable bonds is 5. The van der Waals surface area contributed by atoms with Gasteiger partial charge >= 0.3 is 5.97 Å². The quantitative estimate of drug-likeness (QED) is 0.569. The van der Waals surface area contributed by atoms with Crippen LogP contribution in [0, 0.1) is 5.41 Å². The minimum Gasteiger partial charge on any atom is -0.467 e. The van der Waals surface area contributed by atoms with Gasteiger partial charge in [-0.15, -0.1) is 0 Å². The van der Waals surface area contributed by atoms with E-state index >= 15 is 0 Å². The van der Waals surface area contributed by atoms with Crippen LogP contribution in [0.25, 0.3) is 0 Å². The van der Waals surface area contributed by atoms with Gasteiger partial charge in [-0.1, -0.05) is 20.8 Å². The molecule has 0 heterocycles. The van der Waals surface area contributed by atoms with Crippen LogP contribution in [0.3, 0.4) is 0 Å².